The van der Waals surface area contributed by atoms with Gasteiger partial charge in [0.2, 0.25) is 0 Å². The van der Waals surface area contributed by atoms with Crippen LogP contribution in [-0.2, 0) is 6.18 Å². The van der Waals surface area contributed by atoms with E-state index in [0.29, 0.717) is 5.69 Å². The van der Waals surface area contributed by atoms with Gasteiger partial charge in [-0.2, -0.15) is 22.8 Å². The molecule has 0 unspecified atom stereocenters. The Hall–Kier alpha value is -2.61. The molecule has 0 atom stereocenters. The van der Waals surface area contributed by atoms with Crippen LogP contribution < -0.4 is 11.3 Å². The molecule has 2 aromatic heterocycles. The summed E-state index contributed by atoms with van der Waals surface area (Å²) in [5.74, 6) is 5.30. The first kappa shape index (κ1) is 14.3. The summed E-state index contributed by atoms with van der Waals surface area (Å²) in [6.45, 7) is 1.92. The molecule has 0 fully saturated rings. The van der Waals surface area contributed by atoms with Gasteiger partial charge in [-0.05, 0) is 13.0 Å². The summed E-state index contributed by atoms with van der Waals surface area (Å²) in [5.41, 5.74) is 3.60. The van der Waals surface area contributed by atoms with Gasteiger partial charge in [-0.3, -0.25) is 0 Å². The maximum absolute atomic E-state index is 12.9. The SMILES string of the molecule is Cc1cccc(-c2cc3nc(C(F)(F)F)cc(NN)n3n2)c1. The lowest BCUT2D eigenvalue weighted by Gasteiger charge is -2.09. The molecule has 3 aromatic rings. The minimum Gasteiger partial charge on any atom is -0.308 e. The van der Waals surface area contributed by atoms with Crippen LogP contribution in [0.5, 0.6) is 0 Å². The number of benzene rings is 1. The number of nitrogen functional groups attached to an aromatic ring is 1. The van der Waals surface area contributed by atoms with Crippen LogP contribution in [0.25, 0.3) is 16.9 Å². The van der Waals surface area contributed by atoms with Crippen molar-refractivity contribution in [3.63, 3.8) is 0 Å². The van der Waals surface area contributed by atoms with E-state index in [-0.39, 0.29) is 11.5 Å². The van der Waals surface area contributed by atoms with Crippen molar-refractivity contribution in [1.82, 2.24) is 14.6 Å². The van der Waals surface area contributed by atoms with Gasteiger partial charge in [-0.25, -0.2) is 10.8 Å². The largest absolute Gasteiger partial charge is 0.433 e. The fourth-order valence-electron chi connectivity index (χ4n) is 2.17. The molecule has 3 rings (SSSR count). The van der Waals surface area contributed by atoms with Crippen LogP contribution in [0.15, 0.2) is 36.4 Å². The van der Waals surface area contributed by atoms with E-state index < -0.39 is 11.9 Å². The smallest absolute Gasteiger partial charge is 0.308 e. The van der Waals surface area contributed by atoms with E-state index in [1.165, 1.54) is 10.6 Å². The molecular formula is C14H12F3N5. The number of hydrazine groups is 1. The molecule has 2 heterocycles. The predicted molar refractivity (Wildman–Crippen MR) is 76.0 cm³/mol. The molecule has 0 saturated heterocycles. The lowest BCUT2D eigenvalue weighted by atomic mass is 10.1. The predicted octanol–water partition coefficient (Wildman–Crippen LogP) is 3.01. The van der Waals surface area contributed by atoms with Crippen molar-refractivity contribution in [1.29, 1.82) is 0 Å². The van der Waals surface area contributed by atoms with Gasteiger partial charge in [0.1, 0.15) is 5.82 Å². The molecule has 0 aliphatic rings. The molecule has 5 nitrogen and oxygen atoms in total. The maximum Gasteiger partial charge on any atom is 0.433 e. The summed E-state index contributed by atoms with van der Waals surface area (Å²) in [7, 11) is 0. The number of alkyl halides is 3. The van der Waals surface area contributed by atoms with Crippen LogP contribution in [0.1, 0.15) is 11.3 Å². The molecule has 0 aliphatic carbocycles. The number of halogens is 3. The number of hydrogen-bond donors (Lipinski definition) is 2. The first-order valence-electron chi connectivity index (χ1n) is 6.40. The summed E-state index contributed by atoms with van der Waals surface area (Å²) >= 11 is 0. The molecular weight excluding hydrogens is 295 g/mol. The van der Waals surface area contributed by atoms with Crippen LogP contribution in [-0.4, -0.2) is 14.6 Å². The van der Waals surface area contributed by atoms with Gasteiger partial charge >= 0.3 is 6.18 Å². The molecule has 0 amide bonds. The molecule has 3 N–H and O–H groups in total. The number of rotatable bonds is 2. The van der Waals surface area contributed by atoms with Gasteiger partial charge in [-0.1, -0.05) is 23.8 Å². The minimum atomic E-state index is -4.55. The normalized spacial score (nSPS) is 11.9. The van der Waals surface area contributed by atoms with E-state index in [4.69, 9.17) is 5.84 Å². The number of fused-ring (bicyclic) bond motifs is 1. The second-order valence-electron chi connectivity index (χ2n) is 4.84. The molecule has 8 heteroatoms. The minimum absolute atomic E-state index is 0.0104. The lowest BCUT2D eigenvalue weighted by molar-refractivity contribution is -0.141. The van der Waals surface area contributed by atoms with Crippen molar-refractivity contribution in [3.05, 3.63) is 47.7 Å². The Labute approximate surface area is 123 Å². The zero-order valence-electron chi connectivity index (χ0n) is 11.5. The Kier molecular flexibility index (Phi) is 3.25. The first-order chi connectivity index (χ1) is 10.4. The molecule has 114 valence electrons. The molecule has 22 heavy (non-hydrogen) atoms. The number of aromatic nitrogens is 3. The number of nitrogens with one attached hydrogen (secondary N) is 1. The second-order valence-corrected chi connectivity index (χ2v) is 4.84. The molecule has 0 spiro atoms. The molecule has 0 aliphatic heterocycles. The molecule has 0 saturated carbocycles. The van der Waals surface area contributed by atoms with Crippen molar-refractivity contribution in [2.45, 2.75) is 13.1 Å². The number of hydrogen-bond acceptors (Lipinski definition) is 4. The van der Waals surface area contributed by atoms with Gasteiger partial charge in [0, 0.05) is 17.7 Å². The van der Waals surface area contributed by atoms with Gasteiger partial charge in [0.15, 0.2) is 11.3 Å². The van der Waals surface area contributed by atoms with E-state index >= 15 is 0 Å². The lowest BCUT2D eigenvalue weighted by Crippen LogP contribution is -2.16. The highest BCUT2D eigenvalue weighted by Crippen LogP contribution is 2.30. The molecule has 0 bridgehead atoms. The van der Waals surface area contributed by atoms with Crippen molar-refractivity contribution in [2.75, 3.05) is 5.43 Å². The number of nitrogens with zero attached hydrogens (tertiary/aromatic N) is 3. The third-order valence-electron chi connectivity index (χ3n) is 3.18. The fourth-order valence-corrected chi connectivity index (χ4v) is 2.17. The average Bonchev–Trinajstić information content (AvgIpc) is 2.89. The van der Waals surface area contributed by atoms with Crippen molar-refractivity contribution < 1.29 is 13.2 Å². The van der Waals surface area contributed by atoms with Crippen molar-refractivity contribution >= 4 is 11.5 Å². The van der Waals surface area contributed by atoms with Crippen LogP contribution in [0.2, 0.25) is 0 Å². The highest BCUT2D eigenvalue weighted by molar-refractivity contribution is 5.66. The van der Waals surface area contributed by atoms with Crippen LogP contribution in [0, 0.1) is 6.92 Å². The summed E-state index contributed by atoms with van der Waals surface area (Å²) < 4.78 is 39.8. The number of anilines is 1. The second kappa shape index (κ2) is 4.99. The maximum atomic E-state index is 12.9. The standard InChI is InChI=1S/C14H12F3N5/c1-8-3-2-4-9(5-8)10-6-12-19-11(14(15,16)17)7-13(20-18)22(12)21-10/h2-7,20H,18H2,1H3. The summed E-state index contributed by atoms with van der Waals surface area (Å²) in [4.78, 5) is 3.60. The van der Waals surface area contributed by atoms with Crippen molar-refractivity contribution in [3.8, 4) is 11.3 Å². The number of aryl methyl sites for hydroxylation is 1. The highest BCUT2D eigenvalue weighted by Gasteiger charge is 2.33. The zero-order valence-corrected chi connectivity index (χ0v) is 11.5. The van der Waals surface area contributed by atoms with Gasteiger partial charge < -0.3 is 5.43 Å². The van der Waals surface area contributed by atoms with Gasteiger partial charge in [-0.15, -0.1) is 0 Å². The van der Waals surface area contributed by atoms with Crippen molar-refractivity contribution in [2.24, 2.45) is 5.84 Å². The van der Waals surface area contributed by atoms with E-state index in [9.17, 15) is 13.2 Å². The Morgan fingerprint density at radius 1 is 1.18 bits per heavy atom. The Morgan fingerprint density at radius 3 is 2.59 bits per heavy atom. The summed E-state index contributed by atoms with van der Waals surface area (Å²) in [6.07, 6.45) is -4.55. The summed E-state index contributed by atoms with van der Waals surface area (Å²) in [5, 5.41) is 4.26. The van der Waals surface area contributed by atoms with E-state index in [2.05, 4.69) is 15.5 Å². The molecule has 1 aromatic carbocycles. The Morgan fingerprint density at radius 2 is 1.95 bits per heavy atom. The average molecular weight is 307 g/mol. The Bertz CT molecular complexity index is 838. The van der Waals surface area contributed by atoms with Crippen LogP contribution in [0.3, 0.4) is 0 Å². The highest BCUT2D eigenvalue weighted by atomic mass is 19.4. The number of nitrogens with two attached hydrogens (primary N) is 1. The molecule has 0 radical (unpaired) electrons. The van der Waals surface area contributed by atoms with E-state index in [1.54, 1.807) is 0 Å². The Balaban J connectivity index is 2.21. The van der Waals surface area contributed by atoms with Gasteiger partial charge in [0.05, 0.1) is 5.69 Å². The third kappa shape index (κ3) is 2.48. The van der Waals surface area contributed by atoms with Gasteiger partial charge in [0.25, 0.3) is 0 Å². The van der Waals surface area contributed by atoms with Crippen LogP contribution >= 0.6 is 0 Å². The first-order valence-corrected chi connectivity index (χ1v) is 6.40. The zero-order chi connectivity index (χ0) is 15.9. The third-order valence-corrected chi connectivity index (χ3v) is 3.18. The topological polar surface area (TPSA) is 68.2 Å². The quantitative estimate of drug-likeness (QED) is 0.564. The monoisotopic (exact) mass is 307 g/mol. The van der Waals surface area contributed by atoms with Crippen LogP contribution in [0.4, 0.5) is 19.0 Å². The van der Waals surface area contributed by atoms with E-state index in [1.807, 2.05) is 31.2 Å². The fraction of sp³-hybridized carbons (Fsp3) is 0.143. The van der Waals surface area contributed by atoms with E-state index in [0.717, 1.165) is 17.2 Å². The summed E-state index contributed by atoms with van der Waals surface area (Å²) in [6, 6.07) is 9.80.